The lowest BCUT2D eigenvalue weighted by Gasteiger charge is -2.41. The average Bonchev–Trinajstić information content (AvgIpc) is 3.08. The molecular formula is C26H34ClN5S. The second-order valence-electron chi connectivity index (χ2n) is 9.91. The van der Waals surface area contributed by atoms with E-state index in [4.69, 9.17) is 23.8 Å². The van der Waals surface area contributed by atoms with Gasteiger partial charge in [0.2, 0.25) is 0 Å². The van der Waals surface area contributed by atoms with Crippen molar-refractivity contribution in [2.45, 2.75) is 44.8 Å². The predicted molar refractivity (Wildman–Crippen MR) is 143 cm³/mol. The molecule has 0 bridgehead atoms. The van der Waals surface area contributed by atoms with Crippen molar-refractivity contribution in [1.29, 1.82) is 0 Å². The van der Waals surface area contributed by atoms with Gasteiger partial charge in [0.05, 0.1) is 23.3 Å². The third-order valence-corrected chi connectivity index (χ3v) is 7.54. The van der Waals surface area contributed by atoms with Crippen LogP contribution in [0.15, 0.2) is 42.6 Å². The number of rotatable bonds is 6. The van der Waals surface area contributed by atoms with Crippen LogP contribution in [0.3, 0.4) is 0 Å². The minimum atomic E-state index is -0.0624. The van der Waals surface area contributed by atoms with Crippen LogP contribution in [0.2, 0.25) is 5.02 Å². The van der Waals surface area contributed by atoms with Crippen LogP contribution in [0, 0.1) is 0 Å². The maximum atomic E-state index is 7.03. The summed E-state index contributed by atoms with van der Waals surface area (Å²) in [5, 5.41) is 5.07. The van der Waals surface area contributed by atoms with Crippen molar-refractivity contribution < 1.29 is 0 Å². The molecule has 1 saturated heterocycles. The van der Waals surface area contributed by atoms with Crippen LogP contribution < -0.4 is 10.2 Å². The molecule has 2 aliphatic rings. The summed E-state index contributed by atoms with van der Waals surface area (Å²) in [5.74, 6) is 0. The normalized spacial score (nSPS) is 21.8. The van der Waals surface area contributed by atoms with Gasteiger partial charge in [-0.1, -0.05) is 23.7 Å². The monoisotopic (exact) mass is 483 g/mol. The molecule has 1 aromatic heterocycles. The quantitative estimate of drug-likeness (QED) is 0.562. The number of hydrogen-bond acceptors (Lipinski definition) is 4. The molecule has 176 valence electrons. The second kappa shape index (κ2) is 9.24. The van der Waals surface area contributed by atoms with Crippen molar-refractivity contribution in [3.63, 3.8) is 0 Å². The van der Waals surface area contributed by atoms with Crippen molar-refractivity contribution in [3.05, 3.63) is 64.4 Å². The van der Waals surface area contributed by atoms with Gasteiger partial charge in [-0.2, -0.15) is 0 Å². The zero-order valence-electron chi connectivity index (χ0n) is 20.4. The Balaban J connectivity index is 1.80. The number of nitrogens with one attached hydrogen (secondary N) is 1. The summed E-state index contributed by atoms with van der Waals surface area (Å²) in [7, 11) is 6.33. The Morgan fingerprint density at radius 2 is 2.00 bits per heavy atom. The molecule has 0 aliphatic carbocycles. The number of pyridine rings is 1. The van der Waals surface area contributed by atoms with Gasteiger partial charge in [-0.15, -0.1) is 0 Å². The van der Waals surface area contributed by atoms with Crippen LogP contribution in [0.1, 0.15) is 56.1 Å². The van der Waals surface area contributed by atoms with Crippen LogP contribution in [-0.2, 0) is 0 Å². The topological polar surface area (TPSA) is 34.6 Å². The molecule has 0 spiro atoms. The van der Waals surface area contributed by atoms with Crippen molar-refractivity contribution in [3.8, 4) is 0 Å². The number of allylic oxidation sites excluding steroid dienone is 1. The number of anilines is 1. The van der Waals surface area contributed by atoms with Crippen LogP contribution in [0.25, 0.3) is 5.57 Å². The summed E-state index contributed by atoms with van der Waals surface area (Å²) < 4.78 is 0. The van der Waals surface area contributed by atoms with E-state index in [9.17, 15) is 0 Å². The first kappa shape index (κ1) is 24.0. The Morgan fingerprint density at radius 3 is 2.67 bits per heavy atom. The molecule has 0 amide bonds. The zero-order chi connectivity index (χ0) is 23.9. The first-order chi connectivity index (χ1) is 15.6. The highest BCUT2D eigenvalue weighted by Crippen LogP contribution is 2.46. The largest absolute Gasteiger partial charge is 0.365 e. The van der Waals surface area contributed by atoms with E-state index < -0.39 is 0 Å². The molecule has 33 heavy (non-hydrogen) atoms. The van der Waals surface area contributed by atoms with Crippen LogP contribution >= 0.6 is 23.8 Å². The molecular weight excluding hydrogens is 450 g/mol. The molecule has 2 aliphatic heterocycles. The first-order valence-electron chi connectivity index (χ1n) is 11.5. The predicted octanol–water partition coefficient (Wildman–Crippen LogP) is 5.29. The lowest BCUT2D eigenvalue weighted by Crippen LogP contribution is -2.42. The highest BCUT2D eigenvalue weighted by Gasteiger charge is 2.41. The summed E-state index contributed by atoms with van der Waals surface area (Å²) in [5.41, 5.74) is 5.65. The summed E-state index contributed by atoms with van der Waals surface area (Å²) in [4.78, 5) is 11.5. The number of hydrogen-bond donors (Lipinski definition) is 1. The summed E-state index contributed by atoms with van der Waals surface area (Å²) in [6, 6.07) is 10.3. The first-order valence-corrected chi connectivity index (χ1v) is 12.3. The Morgan fingerprint density at radius 1 is 1.24 bits per heavy atom. The van der Waals surface area contributed by atoms with Crippen molar-refractivity contribution in [2.24, 2.45) is 0 Å². The molecule has 2 aromatic rings. The van der Waals surface area contributed by atoms with Gasteiger partial charge in [-0.05, 0) is 95.5 Å². The summed E-state index contributed by atoms with van der Waals surface area (Å²) in [6.45, 7) is 8.50. The Kier molecular flexibility index (Phi) is 6.72. The molecule has 0 radical (unpaired) electrons. The van der Waals surface area contributed by atoms with Crippen LogP contribution in [0.5, 0.6) is 0 Å². The van der Waals surface area contributed by atoms with Gasteiger partial charge >= 0.3 is 0 Å². The summed E-state index contributed by atoms with van der Waals surface area (Å²) in [6.07, 6.45) is 5.18. The number of nitrogens with zero attached hydrogens (tertiary/aromatic N) is 4. The van der Waals surface area contributed by atoms with E-state index in [0.29, 0.717) is 0 Å². The molecule has 1 fully saturated rings. The van der Waals surface area contributed by atoms with E-state index in [-0.39, 0.29) is 17.6 Å². The van der Waals surface area contributed by atoms with Gasteiger partial charge < -0.3 is 20.0 Å². The van der Waals surface area contributed by atoms with Crippen LogP contribution in [0.4, 0.5) is 5.69 Å². The van der Waals surface area contributed by atoms with E-state index in [1.807, 2.05) is 18.3 Å². The molecule has 2 atom stereocenters. The van der Waals surface area contributed by atoms with Crippen molar-refractivity contribution in [2.75, 3.05) is 39.1 Å². The van der Waals surface area contributed by atoms with Gasteiger partial charge in [-0.25, -0.2) is 0 Å². The minimum absolute atomic E-state index is 0.0274. The van der Waals surface area contributed by atoms with Crippen molar-refractivity contribution >= 4 is 40.2 Å². The third kappa shape index (κ3) is 4.61. The standard InChI is InChI=1S/C26H34ClN5S/c1-17-16-26(2,3)31(6)22-15-20(27)19(14-18(17)22)24-23(21-10-7-8-11-28-21)29-25(33)32(24)13-9-12-30(4)5/h7-8,10-11,14-16,23-24H,9,12-13H2,1-6H3,(H,29,33). The number of thiocarbonyl (C=S) groups is 1. The molecule has 1 aromatic carbocycles. The van der Waals surface area contributed by atoms with E-state index >= 15 is 0 Å². The Hall–Kier alpha value is -2.15. The Labute approximate surface area is 208 Å². The van der Waals surface area contributed by atoms with E-state index in [1.54, 1.807) is 0 Å². The number of fused-ring (bicyclic) bond motifs is 1. The van der Waals surface area contributed by atoms with Gasteiger partial charge in [0.15, 0.2) is 5.11 Å². The molecule has 4 rings (SSSR count). The maximum Gasteiger partial charge on any atom is 0.170 e. The van der Waals surface area contributed by atoms with Gasteiger partial charge in [0.25, 0.3) is 0 Å². The molecule has 1 N–H and O–H groups in total. The zero-order valence-corrected chi connectivity index (χ0v) is 22.0. The maximum absolute atomic E-state index is 7.03. The van der Waals surface area contributed by atoms with E-state index in [1.165, 1.54) is 11.1 Å². The fourth-order valence-electron chi connectivity index (χ4n) is 4.96. The number of halogens is 1. The fraction of sp³-hybridized carbons (Fsp3) is 0.462. The van der Waals surface area contributed by atoms with Crippen LogP contribution in [-0.4, -0.2) is 59.7 Å². The third-order valence-electron chi connectivity index (χ3n) is 6.86. The van der Waals surface area contributed by atoms with Gasteiger partial charge in [0, 0.05) is 36.1 Å². The number of likely N-dealkylation sites (N-methyl/N-ethyl adjacent to an activating group) is 1. The molecule has 5 nitrogen and oxygen atoms in total. The summed E-state index contributed by atoms with van der Waals surface area (Å²) >= 11 is 12.8. The SMILES string of the molecule is CC1=CC(C)(C)N(C)c2cc(Cl)c(C3C(c4ccccn4)NC(=S)N3CCCN(C)C)cc21. The van der Waals surface area contributed by atoms with E-state index in [0.717, 1.165) is 46.6 Å². The van der Waals surface area contributed by atoms with E-state index in [2.05, 4.69) is 91.2 Å². The molecule has 0 saturated carbocycles. The fourth-order valence-corrected chi connectivity index (χ4v) is 5.56. The highest BCUT2D eigenvalue weighted by atomic mass is 35.5. The molecule has 2 unspecified atom stereocenters. The average molecular weight is 484 g/mol. The number of benzene rings is 1. The minimum Gasteiger partial charge on any atom is -0.365 e. The van der Waals surface area contributed by atoms with Gasteiger partial charge in [-0.3, -0.25) is 4.98 Å². The highest BCUT2D eigenvalue weighted by molar-refractivity contribution is 7.80. The van der Waals surface area contributed by atoms with Crippen molar-refractivity contribution in [1.82, 2.24) is 20.1 Å². The molecule has 3 heterocycles. The smallest absolute Gasteiger partial charge is 0.170 e. The second-order valence-corrected chi connectivity index (χ2v) is 10.7. The molecule has 7 heteroatoms. The number of aromatic nitrogens is 1. The van der Waals surface area contributed by atoms with Gasteiger partial charge in [0.1, 0.15) is 0 Å². The Bertz CT molecular complexity index is 1070. The lowest BCUT2D eigenvalue weighted by molar-refractivity contribution is 0.293. The lowest BCUT2D eigenvalue weighted by atomic mass is 9.86.